The van der Waals surface area contributed by atoms with Crippen LogP contribution in [0.1, 0.15) is 20.3 Å². The second-order valence-corrected chi connectivity index (χ2v) is 5.24. The van der Waals surface area contributed by atoms with Crippen LogP contribution in [-0.2, 0) is 19.1 Å². The molecular weight excluding hydrogens is 354 g/mol. The number of ketones is 1. The third-order valence-electron chi connectivity index (χ3n) is 2.42. The average molecular weight is 370 g/mol. The van der Waals surface area contributed by atoms with Gasteiger partial charge in [0, 0.05) is 23.5 Å². The largest absolute Gasteiger partial charge is 0.497 e. The Hall–Kier alpha value is -2.15. The van der Waals surface area contributed by atoms with Crippen molar-refractivity contribution in [2.24, 2.45) is 0 Å². The smallest absolute Gasteiger partial charge is 0.307 e. The Bertz CT molecular complexity index is 624. The van der Waals surface area contributed by atoms with Crippen LogP contribution in [0.25, 0.3) is 0 Å². The van der Waals surface area contributed by atoms with E-state index >= 15 is 0 Å². The summed E-state index contributed by atoms with van der Waals surface area (Å²) in [5.74, 6) is -0.758. The van der Waals surface area contributed by atoms with Gasteiger partial charge in [0.15, 0.2) is 5.78 Å². The summed E-state index contributed by atoms with van der Waals surface area (Å²) in [7, 11) is 1.52. The molecule has 0 unspecified atom stereocenters. The molecule has 1 rings (SSSR count). The highest BCUT2D eigenvalue weighted by Crippen LogP contribution is 2.27. The van der Waals surface area contributed by atoms with Gasteiger partial charge in [0.05, 0.1) is 19.2 Å². The van der Waals surface area contributed by atoms with E-state index in [4.69, 9.17) is 9.47 Å². The molecule has 0 heterocycles. The van der Waals surface area contributed by atoms with Crippen LogP contribution in [0.4, 0.5) is 5.69 Å². The quantitative estimate of drug-likeness (QED) is 0.473. The number of methoxy groups -OCH3 is 1. The highest BCUT2D eigenvalue weighted by atomic mass is 79.9. The first-order chi connectivity index (χ1) is 10.3. The van der Waals surface area contributed by atoms with Gasteiger partial charge in [-0.1, -0.05) is 0 Å². The van der Waals surface area contributed by atoms with E-state index in [9.17, 15) is 14.4 Å². The van der Waals surface area contributed by atoms with Crippen molar-refractivity contribution in [3.8, 4) is 5.75 Å². The zero-order chi connectivity index (χ0) is 16.7. The van der Waals surface area contributed by atoms with Gasteiger partial charge in [-0.3, -0.25) is 14.4 Å². The number of halogens is 1. The van der Waals surface area contributed by atoms with Crippen molar-refractivity contribution in [1.82, 2.24) is 0 Å². The molecule has 7 heteroatoms. The molecule has 0 saturated carbocycles. The van der Waals surface area contributed by atoms with Crippen molar-refractivity contribution in [2.75, 3.05) is 12.4 Å². The lowest BCUT2D eigenvalue weighted by Crippen LogP contribution is -2.15. The lowest BCUT2D eigenvalue weighted by Gasteiger charge is -2.10. The van der Waals surface area contributed by atoms with E-state index in [1.54, 1.807) is 18.2 Å². The molecule has 1 amide bonds. The number of amides is 1. The SMILES string of the molecule is COc1ccc(Br)c(NC(=O)C/C(=C/C(C)=O)OC(C)=O)c1. The Labute approximate surface area is 136 Å². The van der Waals surface area contributed by atoms with E-state index in [0.717, 1.165) is 6.08 Å². The van der Waals surface area contributed by atoms with Gasteiger partial charge in [0.2, 0.25) is 5.91 Å². The number of hydrogen-bond acceptors (Lipinski definition) is 5. The number of benzene rings is 1. The van der Waals surface area contributed by atoms with Crippen LogP contribution in [0, 0.1) is 0 Å². The topological polar surface area (TPSA) is 81.7 Å². The van der Waals surface area contributed by atoms with Gasteiger partial charge in [-0.25, -0.2) is 0 Å². The molecule has 1 aromatic rings. The van der Waals surface area contributed by atoms with Crippen molar-refractivity contribution < 1.29 is 23.9 Å². The van der Waals surface area contributed by atoms with E-state index in [-0.39, 0.29) is 18.0 Å². The van der Waals surface area contributed by atoms with Crippen LogP contribution in [-0.4, -0.2) is 24.8 Å². The first-order valence-corrected chi connectivity index (χ1v) is 7.14. The Morgan fingerprint density at radius 3 is 2.50 bits per heavy atom. The van der Waals surface area contributed by atoms with Crippen molar-refractivity contribution in [3.63, 3.8) is 0 Å². The van der Waals surface area contributed by atoms with Crippen LogP contribution in [0.3, 0.4) is 0 Å². The summed E-state index contributed by atoms with van der Waals surface area (Å²) in [5, 5.41) is 2.65. The van der Waals surface area contributed by atoms with Crippen LogP contribution in [0.15, 0.2) is 34.5 Å². The van der Waals surface area contributed by atoms with Gasteiger partial charge in [-0.15, -0.1) is 0 Å². The number of carbonyl (C=O) groups is 3. The second-order valence-electron chi connectivity index (χ2n) is 4.39. The summed E-state index contributed by atoms with van der Waals surface area (Å²) in [6, 6.07) is 5.11. The molecule has 0 aliphatic carbocycles. The van der Waals surface area contributed by atoms with Crippen molar-refractivity contribution in [2.45, 2.75) is 20.3 Å². The maximum atomic E-state index is 12.0. The molecule has 0 bridgehead atoms. The number of esters is 1. The summed E-state index contributed by atoms with van der Waals surface area (Å²) in [6.45, 7) is 2.50. The maximum Gasteiger partial charge on any atom is 0.307 e. The van der Waals surface area contributed by atoms with Gasteiger partial charge in [-0.2, -0.15) is 0 Å². The minimum absolute atomic E-state index is 0.00322. The average Bonchev–Trinajstić information content (AvgIpc) is 2.39. The van der Waals surface area contributed by atoms with Crippen molar-refractivity contribution >= 4 is 39.3 Å². The second kappa shape index (κ2) is 8.33. The Morgan fingerprint density at radius 2 is 1.95 bits per heavy atom. The molecule has 0 atom stereocenters. The molecule has 0 radical (unpaired) electrons. The molecular formula is C15H16BrNO5. The summed E-state index contributed by atoms with van der Waals surface area (Å²) in [6.07, 6.45) is 0.879. The molecule has 0 spiro atoms. The van der Waals surface area contributed by atoms with Crippen LogP contribution in [0.2, 0.25) is 0 Å². The van der Waals surface area contributed by atoms with Gasteiger partial charge < -0.3 is 14.8 Å². The third-order valence-corrected chi connectivity index (χ3v) is 3.11. The molecule has 0 aromatic heterocycles. The summed E-state index contributed by atoms with van der Waals surface area (Å²) in [4.78, 5) is 34.1. The molecule has 0 fully saturated rings. The molecule has 1 N–H and O–H groups in total. The lowest BCUT2D eigenvalue weighted by atomic mass is 10.2. The summed E-state index contributed by atoms with van der Waals surface area (Å²) < 4.78 is 10.6. The highest BCUT2D eigenvalue weighted by molar-refractivity contribution is 9.10. The van der Waals surface area contributed by atoms with E-state index in [1.807, 2.05) is 0 Å². The summed E-state index contributed by atoms with van der Waals surface area (Å²) in [5.41, 5.74) is 0.509. The Kier molecular flexibility index (Phi) is 6.78. The zero-order valence-electron chi connectivity index (χ0n) is 12.4. The monoisotopic (exact) mass is 369 g/mol. The third kappa shape index (κ3) is 6.09. The maximum absolute atomic E-state index is 12.0. The number of ether oxygens (including phenoxy) is 2. The predicted octanol–water partition coefficient (Wildman–Crippen LogP) is 2.82. The fraction of sp³-hybridized carbons (Fsp3) is 0.267. The predicted molar refractivity (Wildman–Crippen MR) is 84.5 cm³/mol. The number of anilines is 1. The Balaban J connectivity index is 2.83. The number of carbonyl (C=O) groups excluding carboxylic acids is 3. The van der Waals surface area contributed by atoms with E-state index < -0.39 is 11.9 Å². The first-order valence-electron chi connectivity index (χ1n) is 6.34. The number of rotatable bonds is 6. The van der Waals surface area contributed by atoms with E-state index in [0.29, 0.717) is 15.9 Å². The van der Waals surface area contributed by atoms with Gasteiger partial charge in [0.25, 0.3) is 0 Å². The highest BCUT2D eigenvalue weighted by Gasteiger charge is 2.12. The fourth-order valence-electron chi connectivity index (χ4n) is 1.61. The molecule has 0 aliphatic heterocycles. The summed E-state index contributed by atoms with van der Waals surface area (Å²) >= 11 is 3.31. The first kappa shape index (κ1) is 17.9. The van der Waals surface area contributed by atoms with E-state index in [1.165, 1.54) is 21.0 Å². The number of hydrogen-bond donors (Lipinski definition) is 1. The standard InChI is InChI=1S/C15H16BrNO5/c1-9(18)6-12(22-10(2)19)8-15(20)17-14-7-11(21-3)4-5-13(14)16/h4-7H,8H2,1-3H3,(H,17,20)/b12-6-. The zero-order valence-corrected chi connectivity index (χ0v) is 14.0. The molecule has 6 nitrogen and oxygen atoms in total. The van der Waals surface area contributed by atoms with Crippen molar-refractivity contribution in [1.29, 1.82) is 0 Å². The van der Waals surface area contributed by atoms with E-state index in [2.05, 4.69) is 21.2 Å². The molecule has 0 aliphatic rings. The number of allylic oxidation sites excluding steroid dienone is 1. The molecule has 1 aromatic carbocycles. The van der Waals surface area contributed by atoms with Crippen LogP contribution in [0.5, 0.6) is 5.75 Å². The Morgan fingerprint density at radius 1 is 1.27 bits per heavy atom. The minimum atomic E-state index is -0.595. The molecule has 22 heavy (non-hydrogen) atoms. The van der Waals surface area contributed by atoms with Crippen molar-refractivity contribution in [3.05, 3.63) is 34.5 Å². The minimum Gasteiger partial charge on any atom is -0.497 e. The van der Waals surface area contributed by atoms with Gasteiger partial charge in [0.1, 0.15) is 11.5 Å². The molecule has 118 valence electrons. The fourth-order valence-corrected chi connectivity index (χ4v) is 1.95. The normalized spacial score (nSPS) is 10.8. The number of nitrogens with one attached hydrogen (secondary N) is 1. The van der Waals surface area contributed by atoms with Crippen LogP contribution < -0.4 is 10.1 Å². The van der Waals surface area contributed by atoms with Gasteiger partial charge in [-0.05, 0) is 35.0 Å². The van der Waals surface area contributed by atoms with Crippen LogP contribution >= 0.6 is 15.9 Å². The van der Waals surface area contributed by atoms with Gasteiger partial charge >= 0.3 is 5.97 Å². The molecule has 0 saturated heterocycles. The lowest BCUT2D eigenvalue weighted by molar-refractivity contribution is -0.137.